The van der Waals surface area contributed by atoms with Crippen LogP contribution in [-0.4, -0.2) is 49.6 Å². The van der Waals surface area contributed by atoms with Crippen molar-refractivity contribution in [3.8, 4) is 0 Å². The van der Waals surface area contributed by atoms with Gasteiger partial charge in [-0.3, -0.25) is 9.78 Å². The van der Waals surface area contributed by atoms with Gasteiger partial charge in [0.15, 0.2) is 5.76 Å². The van der Waals surface area contributed by atoms with E-state index in [1.807, 2.05) is 25.2 Å². The maximum Gasteiger partial charge on any atom is 0.286 e. The molecule has 0 saturated carbocycles. The van der Waals surface area contributed by atoms with E-state index in [1.165, 1.54) is 6.26 Å². The fourth-order valence-corrected chi connectivity index (χ4v) is 2.81. The van der Waals surface area contributed by atoms with Gasteiger partial charge >= 0.3 is 0 Å². The molecule has 1 N–H and O–H groups in total. The molecule has 0 bridgehead atoms. The highest BCUT2D eigenvalue weighted by Gasteiger charge is 2.21. The van der Waals surface area contributed by atoms with Gasteiger partial charge < -0.3 is 19.5 Å². The van der Waals surface area contributed by atoms with Crippen LogP contribution in [0.15, 0.2) is 35.2 Å². The van der Waals surface area contributed by atoms with Crippen molar-refractivity contribution in [2.24, 2.45) is 5.92 Å². The van der Waals surface area contributed by atoms with E-state index < -0.39 is 0 Å². The lowest BCUT2D eigenvalue weighted by molar-refractivity contribution is 0.0917. The molecule has 0 aliphatic carbocycles. The lowest BCUT2D eigenvalue weighted by atomic mass is 9.97. The fraction of sp³-hybridized carbons (Fsp3) is 0.471. The summed E-state index contributed by atoms with van der Waals surface area (Å²) in [7, 11) is 3.92. The molecule has 0 aromatic carbocycles. The normalized spacial score (nSPS) is 15.3. The van der Waals surface area contributed by atoms with Gasteiger partial charge in [0.25, 0.3) is 5.91 Å². The molecule has 1 fully saturated rings. The number of hydrogen-bond acceptors (Lipinski definition) is 6. The number of rotatable bonds is 5. The fourth-order valence-electron chi connectivity index (χ4n) is 2.81. The summed E-state index contributed by atoms with van der Waals surface area (Å²) in [6.07, 6.45) is 7.13. The number of aromatic nitrogens is 2. The van der Waals surface area contributed by atoms with Crippen molar-refractivity contribution in [3.05, 3.63) is 36.5 Å². The molecule has 1 aliphatic heterocycles. The molecule has 0 unspecified atom stereocenters. The number of carbonyl (C=O) groups is 1. The molecule has 0 radical (unpaired) electrons. The van der Waals surface area contributed by atoms with E-state index in [-0.39, 0.29) is 5.91 Å². The minimum atomic E-state index is -0.146. The maximum absolute atomic E-state index is 11.9. The Morgan fingerprint density at radius 1 is 1.38 bits per heavy atom. The molecular weight excluding hydrogens is 306 g/mol. The first-order valence-electron chi connectivity index (χ1n) is 8.19. The van der Waals surface area contributed by atoms with Crippen LogP contribution in [0.5, 0.6) is 0 Å². The predicted molar refractivity (Wildman–Crippen MR) is 92.3 cm³/mol. The minimum Gasteiger partial charge on any atom is -0.459 e. The van der Waals surface area contributed by atoms with E-state index in [1.54, 1.807) is 18.3 Å². The van der Waals surface area contributed by atoms with E-state index in [2.05, 4.69) is 20.2 Å². The van der Waals surface area contributed by atoms with Crippen LogP contribution in [0.1, 0.15) is 23.4 Å². The van der Waals surface area contributed by atoms with Crippen LogP contribution in [0.2, 0.25) is 0 Å². The Morgan fingerprint density at radius 3 is 2.83 bits per heavy atom. The zero-order valence-corrected chi connectivity index (χ0v) is 14.1. The molecule has 0 spiro atoms. The number of carbonyl (C=O) groups excluding carboxylic acids is 1. The maximum atomic E-state index is 11.9. The molecule has 7 heteroatoms. The number of nitrogens with one attached hydrogen (secondary N) is 1. The predicted octanol–water partition coefficient (Wildman–Crippen LogP) is 1.78. The van der Waals surface area contributed by atoms with E-state index in [0.717, 1.165) is 37.6 Å². The van der Waals surface area contributed by atoms with Crippen molar-refractivity contribution >= 4 is 17.5 Å². The number of furan rings is 1. The highest BCUT2D eigenvalue weighted by molar-refractivity contribution is 5.91. The Bertz CT molecular complexity index is 663. The average molecular weight is 329 g/mol. The first-order chi connectivity index (χ1) is 11.6. The number of piperidine rings is 1. The number of amides is 1. The van der Waals surface area contributed by atoms with Gasteiger partial charge in [-0.1, -0.05) is 0 Å². The summed E-state index contributed by atoms with van der Waals surface area (Å²) in [4.78, 5) is 25.0. The van der Waals surface area contributed by atoms with Gasteiger partial charge in [-0.25, -0.2) is 4.98 Å². The van der Waals surface area contributed by atoms with Crippen molar-refractivity contribution < 1.29 is 9.21 Å². The third-order valence-corrected chi connectivity index (χ3v) is 4.30. The van der Waals surface area contributed by atoms with Crippen LogP contribution in [0.4, 0.5) is 11.6 Å². The number of nitrogens with zero attached hydrogens (tertiary/aromatic N) is 4. The quantitative estimate of drug-likeness (QED) is 0.901. The van der Waals surface area contributed by atoms with E-state index in [0.29, 0.717) is 18.2 Å². The standard InChI is InChI=1S/C17H23N5O2/c1-21(2)15-11-18-12-16(20-15)22-7-5-13(6-8-22)10-19-17(23)14-4-3-9-24-14/h3-4,9,11-13H,5-8,10H2,1-2H3,(H,19,23). The summed E-state index contributed by atoms with van der Waals surface area (Å²) in [5, 5.41) is 2.95. The molecule has 1 amide bonds. The molecule has 2 aromatic heterocycles. The largest absolute Gasteiger partial charge is 0.459 e. The Labute approximate surface area is 141 Å². The summed E-state index contributed by atoms with van der Waals surface area (Å²) < 4.78 is 5.10. The van der Waals surface area contributed by atoms with Crippen molar-refractivity contribution in [2.45, 2.75) is 12.8 Å². The molecule has 3 heterocycles. The van der Waals surface area contributed by atoms with Crippen molar-refractivity contribution in [2.75, 3.05) is 43.5 Å². The highest BCUT2D eigenvalue weighted by atomic mass is 16.3. The third-order valence-electron chi connectivity index (χ3n) is 4.30. The van der Waals surface area contributed by atoms with Crippen LogP contribution >= 0.6 is 0 Å². The summed E-state index contributed by atoms with van der Waals surface area (Å²) >= 11 is 0. The van der Waals surface area contributed by atoms with Gasteiger partial charge in [0.1, 0.15) is 11.6 Å². The van der Waals surface area contributed by atoms with Gasteiger partial charge in [-0.05, 0) is 30.9 Å². The zero-order chi connectivity index (χ0) is 16.9. The summed E-state index contributed by atoms with van der Waals surface area (Å²) in [5.74, 6) is 2.47. The highest BCUT2D eigenvalue weighted by Crippen LogP contribution is 2.22. The molecule has 1 aliphatic rings. The minimum absolute atomic E-state index is 0.146. The average Bonchev–Trinajstić information content (AvgIpc) is 3.15. The van der Waals surface area contributed by atoms with Crippen LogP contribution in [-0.2, 0) is 0 Å². The van der Waals surface area contributed by atoms with Gasteiger partial charge in [0, 0.05) is 33.7 Å². The Kier molecular flexibility index (Phi) is 4.98. The van der Waals surface area contributed by atoms with E-state index in [9.17, 15) is 4.79 Å². The molecule has 24 heavy (non-hydrogen) atoms. The molecule has 128 valence electrons. The smallest absolute Gasteiger partial charge is 0.286 e. The summed E-state index contributed by atoms with van der Waals surface area (Å²) in [6, 6.07) is 3.39. The Morgan fingerprint density at radius 2 is 2.17 bits per heavy atom. The van der Waals surface area contributed by atoms with Crippen LogP contribution < -0.4 is 15.1 Å². The van der Waals surface area contributed by atoms with Gasteiger partial charge in [-0.15, -0.1) is 0 Å². The van der Waals surface area contributed by atoms with Crippen LogP contribution in [0, 0.1) is 5.92 Å². The molecular formula is C17H23N5O2. The van der Waals surface area contributed by atoms with E-state index in [4.69, 9.17) is 4.42 Å². The second kappa shape index (κ2) is 7.33. The first kappa shape index (κ1) is 16.3. The van der Waals surface area contributed by atoms with Gasteiger partial charge in [0.05, 0.1) is 18.7 Å². The molecule has 1 saturated heterocycles. The van der Waals surface area contributed by atoms with Crippen molar-refractivity contribution in [3.63, 3.8) is 0 Å². The third kappa shape index (κ3) is 3.84. The summed E-state index contributed by atoms with van der Waals surface area (Å²) in [5.41, 5.74) is 0. The monoisotopic (exact) mass is 329 g/mol. The summed E-state index contributed by atoms with van der Waals surface area (Å²) in [6.45, 7) is 2.52. The van der Waals surface area contributed by atoms with Crippen LogP contribution in [0.25, 0.3) is 0 Å². The lowest BCUT2D eigenvalue weighted by Gasteiger charge is -2.33. The zero-order valence-electron chi connectivity index (χ0n) is 14.1. The lowest BCUT2D eigenvalue weighted by Crippen LogP contribution is -2.39. The number of hydrogen-bond donors (Lipinski definition) is 1. The van der Waals surface area contributed by atoms with Crippen LogP contribution in [0.3, 0.4) is 0 Å². The van der Waals surface area contributed by atoms with Crippen molar-refractivity contribution in [1.29, 1.82) is 0 Å². The van der Waals surface area contributed by atoms with E-state index >= 15 is 0 Å². The Hall–Kier alpha value is -2.57. The molecule has 7 nitrogen and oxygen atoms in total. The molecule has 3 rings (SSSR count). The second-order valence-corrected chi connectivity index (χ2v) is 6.25. The van der Waals surface area contributed by atoms with Gasteiger partial charge in [-0.2, -0.15) is 0 Å². The molecule has 0 atom stereocenters. The second-order valence-electron chi connectivity index (χ2n) is 6.25. The topological polar surface area (TPSA) is 74.5 Å². The SMILES string of the molecule is CN(C)c1cncc(N2CCC(CNC(=O)c3ccco3)CC2)n1. The molecule has 2 aromatic rings. The Balaban J connectivity index is 1.49. The number of anilines is 2. The van der Waals surface area contributed by atoms with Gasteiger partial charge in [0.2, 0.25) is 0 Å². The van der Waals surface area contributed by atoms with Crippen molar-refractivity contribution in [1.82, 2.24) is 15.3 Å². The first-order valence-corrected chi connectivity index (χ1v) is 8.19.